The molecule has 0 aliphatic carbocycles. The van der Waals surface area contributed by atoms with E-state index in [1.807, 2.05) is 6.92 Å². The summed E-state index contributed by atoms with van der Waals surface area (Å²) in [6, 6.07) is 3.34. The number of carbonyl (C=O) groups is 1. The molecule has 0 aromatic carbocycles. The van der Waals surface area contributed by atoms with E-state index >= 15 is 0 Å². The number of rotatable bonds is 4. The van der Waals surface area contributed by atoms with Crippen LogP contribution in [0, 0.1) is 0 Å². The number of unbranched alkanes of at least 4 members (excludes halogenated alkanes) is 1. The largest absolute Gasteiger partial charge is 0.426 e. The van der Waals surface area contributed by atoms with Crippen molar-refractivity contribution in [3.8, 4) is 5.75 Å². The van der Waals surface area contributed by atoms with Crippen LogP contribution in [0.15, 0.2) is 24.5 Å². The van der Waals surface area contributed by atoms with Crippen LogP contribution >= 0.6 is 0 Å². The second-order valence-corrected chi connectivity index (χ2v) is 2.76. The lowest BCUT2D eigenvalue weighted by molar-refractivity contribution is -0.134. The third kappa shape index (κ3) is 3.69. The quantitative estimate of drug-likeness (QED) is 0.665. The Labute approximate surface area is 77.8 Å². The maximum Gasteiger partial charge on any atom is 0.311 e. The molecule has 1 aromatic heterocycles. The van der Waals surface area contributed by atoms with Crippen LogP contribution in [-0.4, -0.2) is 11.0 Å². The first-order valence-electron chi connectivity index (χ1n) is 4.43. The van der Waals surface area contributed by atoms with Gasteiger partial charge in [0.2, 0.25) is 0 Å². The van der Waals surface area contributed by atoms with Crippen molar-refractivity contribution in [2.75, 3.05) is 0 Å². The van der Waals surface area contributed by atoms with Crippen LogP contribution in [0.3, 0.4) is 0 Å². The molecule has 13 heavy (non-hydrogen) atoms. The highest BCUT2D eigenvalue weighted by atomic mass is 16.5. The van der Waals surface area contributed by atoms with Crippen LogP contribution in [0.4, 0.5) is 0 Å². The zero-order valence-electron chi connectivity index (χ0n) is 7.69. The summed E-state index contributed by atoms with van der Waals surface area (Å²) in [5.41, 5.74) is 0. The fourth-order valence-corrected chi connectivity index (χ4v) is 0.910. The summed E-state index contributed by atoms with van der Waals surface area (Å²) in [6.45, 7) is 2.04. The van der Waals surface area contributed by atoms with Gasteiger partial charge in [-0.25, -0.2) is 0 Å². The fourth-order valence-electron chi connectivity index (χ4n) is 0.910. The molecule has 3 nitrogen and oxygen atoms in total. The Morgan fingerprint density at radius 3 is 2.77 bits per heavy atom. The van der Waals surface area contributed by atoms with Crippen LogP contribution in [0.25, 0.3) is 0 Å². The van der Waals surface area contributed by atoms with E-state index in [1.165, 1.54) is 0 Å². The molecule has 0 fully saturated rings. The Balaban J connectivity index is 2.37. The summed E-state index contributed by atoms with van der Waals surface area (Å²) in [4.78, 5) is 15.0. The summed E-state index contributed by atoms with van der Waals surface area (Å²) in [5, 5.41) is 0. The molecule has 3 heteroatoms. The third-order valence-electron chi connectivity index (χ3n) is 1.62. The van der Waals surface area contributed by atoms with Gasteiger partial charge in [-0.15, -0.1) is 0 Å². The van der Waals surface area contributed by atoms with E-state index in [4.69, 9.17) is 4.74 Å². The zero-order chi connectivity index (χ0) is 9.52. The van der Waals surface area contributed by atoms with Crippen molar-refractivity contribution in [2.45, 2.75) is 26.2 Å². The van der Waals surface area contributed by atoms with E-state index in [1.54, 1.807) is 24.5 Å². The smallest absolute Gasteiger partial charge is 0.311 e. The Hall–Kier alpha value is -1.38. The first-order chi connectivity index (χ1) is 6.33. The van der Waals surface area contributed by atoms with Crippen LogP contribution in [-0.2, 0) is 4.79 Å². The van der Waals surface area contributed by atoms with Crippen molar-refractivity contribution in [1.82, 2.24) is 4.98 Å². The second-order valence-electron chi connectivity index (χ2n) is 2.76. The van der Waals surface area contributed by atoms with E-state index in [9.17, 15) is 4.79 Å². The summed E-state index contributed by atoms with van der Waals surface area (Å²) >= 11 is 0. The van der Waals surface area contributed by atoms with Gasteiger partial charge >= 0.3 is 5.97 Å². The molecule has 0 aliphatic heterocycles. The SMILES string of the molecule is CCCCC(=O)Oc1ccncc1. The van der Waals surface area contributed by atoms with E-state index in [0.717, 1.165) is 12.8 Å². The number of pyridine rings is 1. The Kier molecular flexibility index (Phi) is 3.96. The minimum atomic E-state index is -0.173. The summed E-state index contributed by atoms with van der Waals surface area (Å²) < 4.78 is 5.04. The molecule has 0 atom stereocenters. The molecule has 0 N–H and O–H groups in total. The van der Waals surface area contributed by atoms with E-state index in [-0.39, 0.29) is 5.97 Å². The number of esters is 1. The van der Waals surface area contributed by atoms with Gasteiger partial charge in [0.15, 0.2) is 0 Å². The maximum absolute atomic E-state index is 11.1. The van der Waals surface area contributed by atoms with Crippen molar-refractivity contribution in [3.63, 3.8) is 0 Å². The molecule has 0 amide bonds. The lowest BCUT2D eigenvalue weighted by Crippen LogP contribution is -2.07. The average Bonchev–Trinajstić information content (AvgIpc) is 2.16. The topological polar surface area (TPSA) is 39.2 Å². The van der Waals surface area contributed by atoms with Gasteiger partial charge in [-0.2, -0.15) is 0 Å². The molecule has 0 radical (unpaired) electrons. The number of ether oxygens (including phenoxy) is 1. The monoisotopic (exact) mass is 179 g/mol. The molecule has 0 unspecified atom stereocenters. The van der Waals surface area contributed by atoms with Crippen molar-refractivity contribution in [3.05, 3.63) is 24.5 Å². The van der Waals surface area contributed by atoms with Gasteiger partial charge < -0.3 is 4.74 Å². The number of nitrogens with zero attached hydrogens (tertiary/aromatic N) is 1. The Bertz CT molecular complexity index is 259. The van der Waals surface area contributed by atoms with Crippen molar-refractivity contribution >= 4 is 5.97 Å². The van der Waals surface area contributed by atoms with Gasteiger partial charge in [-0.05, 0) is 18.6 Å². The third-order valence-corrected chi connectivity index (χ3v) is 1.62. The molecule has 1 heterocycles. The maximum atomic E-state index is 11.1. The van der Waals surface area contributed by atoms with Crippen LogP contribution in [0.1, 0.15) is 26.2 Å². The lowest BCUT2D eigenvalue weighted by atomic mass is 10.2. The lowest BCUT2D eigenvalue weighted by Gasteiger charge is -2.01. The standard InChI is InChI=1S/C10H13NO2/c1-2-3-4-10(12)13-9-5-7-11-8-6-9/h5-8H,2-4H2,1H3. The summed E-state index contributed by atoms with van der Waals surface area (Å²) in [6.07, 6.45) is 5.57. The Morgan fingerprint density at radius 1 is 1.46 bits per heavy atom. The number of hydrogen-bond donors (Lipinski definition) is 0. The van der Waals surface area contributed by atoms with Gasteiger partial charge in [-0.1, -0.05) is 13.3 Å². The van der Waals surface area contributed by atoms with E-state index in [2.05, 4.69) is 4.98 Å². The highest BCUT2D eigenvalue weighted by molar-refractivity contribution is 5.72. The molecular weight excluding hydrogens is 166 g/mol. The van der Waals surface area contributed by atoms with Gasteiger partial charge in [0.25, 0.3) is 0 Å². The average molecular weight is 179 g/mol. The predicted molar refractivity (Wildman–Crippen MR) is 49.4 cm³/mol. The molecule has 0 aliphatic rings. The van der Waals surface area contributed by atoms with Crippen molar-refractivity contribution < 1.29 is 9.53 Å². The van der Waals surface area contributed by atoms with Gasteiger partial charge in [0.1, 0.15) is 5.75 Å². The molecule has 0 bridgehead atoms. The predicted octanol–water partition coefficient (Wildman–Crippen LogP) is 2.18. The number of aromatic nitrogens is 1. The van der Waals surface area contributed by atoms with Crippen LogP contribution in [0.2, 0.25) is 0 Å². The minimum absolute atomic E-state index is 0.173. The Morgan fingerprint density at radius 2 is 2.15 bits per heavy atom. The van der Waals surface area contributed by atoms with Gasteiger partial charge in [-0.3, -0.25) is 9.78 Å². The van der Waals surface area contributed by atoms with Gasteiger partial charge in [0.05, 0.1) is 0 Å². The first-order valence-corrected chi connectivity index (χ1v) is 4.43. The normalized spacial score (nSPS) is 9.62. The van der Waals surface area contributed by atoms with Crippen molar-refractivity contribution in [2.24, 2.45) is 0 Å². The minimum Gasteiger partial charge on any atom is -0.426 e. The van der Waals surface area contributed by atoms with Gasteiger partial charge in [0, 0.05) is 18.8 Å². The highest BCUT2D eigenvalue weighted by Crippen LogP contribution is 2.08. The van der Waals surface area contributed by atoms with E-state index in [0.29, 0.717) is 12.2 Å². The molecular formula is C10H13NO2. The summed E-state index contributed by atoms with van der Waals surface area (Å²) in [7, 11) is 0. The zero-order valence-corrected chi connectivity index (χ0v) is 7.69. The molecule has 0 saturated carbocycles. The van der Waals surface area contributed by atoms with Crippen LogP contribution in [0.5, 0.6) is 5.75 Å². The van der Waals surface area contributed by atoms with Crippen LogP contribution < -0.4 is 4.74 Å². The molecule has 0 spiro atoms. The van der Waals surface area contributed by atoms with Crippen molar-refractivity contribution in [1.29, 1.82) is 0 Å². The highest BCUT2D eigenvalue weighted by Gasteiger charge is 2.02. The fraction of sp³-hybridized carbons (Fsp3) is 0.400. The van der Waals surface area contributed by atoms with E-state index < -0.39 is 0 Å². The molecule has 1 aromatic rings. The molecule has 0 saturated heterocycles. The number of hydrogen-bond acceptors (Lipinski definition) is 3. The summed E-state index contributed by atoms with van der Waals surface area (Å²) in [5.74, 6) is 0.393. The number of carbonyl (C=O) groups excluding carboxylic acids is 1. The first kappa shape index (κ1) is 9.71. The second kappa shape index (κ2) is 5.30. The molecule has 1 rings (SSSR count). The molecule has 70 valence electrons.